The molecule has 0 aliphatic heterocycles. The Morgan fingerprint density at radius 2 is 1.81 bits per heavy atom. The second kappa shape index (κ2) is 5.30. The van der Waals surface area contributed by atoms with Gasteiger partial charge in [-0.1, -0.05) is 45.1 Å². The van der Waals surface area contributed by atoms with Crippen LogP contribution in [0.15, 0.2) is 30.3 Å². The smallest absolute Gasteiger partial charge is 0.338 e. The molecule has 1 aromatic rings. The van der Waals surface area contributed by atoms with Crippen LogP contribution in [0.3, 0.4) is 0 Å². The fraction of sp³-hybridized carbons (Fsp3) is 0.462. The summed E-state index contributed by atoms with van der Waals surface area (Å²) in [6, 6.07) is 9.13. The van der Waals surface area contributed by atoms with Gasteiger partial charge in [-0.25, -0.2) is 4.79 Å². The number of hydrogen-bond acceptors (Lipinski definition) is 2. The number of rotatable bonds is 4. The molecule has 1 aromatic carbocycles. The molecule has 16 heavy (non-hydrogen) atoms. The van der Waals surface area contributed by atoms with Crippen LogP contribution in [0.1, 0.15) is 24.2 Å². The second-order valence-electron chi connectivity index (χ2n) is 4.83. The first kappa shape index (κ1) is 13.0. The molecule has 0 heterocycles. The standard InChI is InChI=1S/C13H19O2Si/c1-13(2,16(3)4)10-15-12(14)11-8-6-5-7-9-11/h5-9H,10H2,1-4H3. The first-order valence-corrected chi connectivity index (χ1v) is 7.96. The molecule has 0 spiro atoms. The van der Waals surface area contributed by atoms with Crippen molar-refractivity contribution in [1.82, 2.24) is 0 Å². The van der Waals surface area contributed by atoms with Gasteiger partial charge in [-0.15, -0.1) is 0 Å². The first-order chi connectivity index (χ1) is 7.43. The Morgan fingerprint density at radius 1 is 1.25 bits per heavy atom. The van der Waals surface area contributed by atoms with Crippen LogP contribution >= 0.6 is 0 Å². The summed E-state index contributed by atoms with van der Waals surface area (Å²) in [6.45, 7) is 9.28. The Labute approximate surface area is 99.2 Å². The van der Waals surface area contributed by atoms with Gasteiger partial charge in [0.1, 0.15) is 0 Å². The number of ether oxygens (including phenoxy) is 1. The monoisotopic (exact) mass is 235 g/mol. The van der Waals surface area contributed by atoms with Crippen molar-refractivity contribution in [1.29, 1.82) is 0 Å². The van der Waals surface area contributed by atoms with Crippen molar-refractivity contribution in [2.75, 3.05) is 6.61 Å². The highest BCUT2D eigenvalue weighted by Gasteiger charge is 2.25. The molecule has 2 nitrogen and oxygen atoms in total. The molecule has 0 amide bonds. The summed E-state index contributed by atoms with van der Waals surface area (Å²) >= 11 is 0. The Kier molecular flexibility index (Phi) is 4.30. The molecule has 1 rings (SSSR count). The highest BCUT2D eigenvalue weighted by Crippen LogP contribution is 2.28. The van der Waals surface area contributed by atoms with E-state index in [1.54, 1.807) is 12.1 Å². The minimum Gasteiger partial charge on any atom is -0.462 e. The molecule has 0 atom stereocenters. The summed E-state index contributed by atoms with van der Waals surface area (Å²) < 4.78 is 5.34. The number of esters is 1. The van der Waals surface area contributed by atoms with Crippen LogP contribution < -0.4 is 0 Å². The minimum absolute atomic E-state index is 0.120. The molecule has 0 fully saturated rings. The van der Waals surface area contributed by atoms with E-state index in [-0.39, 0.29) is 11.0 Å². The van der Waals surface area contributed by atoms with Gasteiger partial charge in [-0.05, 0) is 17.2 Å². The molecule has 3 heteroatoms. The number of hydrogen-bond donors (Lipinski definition) is 0. The fourth-order valence-electron chi connectivity index (χ4n) is 1.05. The number of benzene rings is 1. The summed E-state index contributed by atoms with van der Waals surface area (Å²) in [5.41, 5.74) is 0.624. The van der Waals surface area contributed by atoms with E-state index in [1.807, 2.05) is 18.2 Å². The maximum absolute atomic E-state index is 11.7. The van der Waals surface area contributed by atoms with E-state index in [4.69, 9.17) is 4.74 Å². The van der Waals surface area contributed by atoms with Crippen LogP contribution in [-0.2, 0) is 4.74 Å². The summed E-state index contributed by atoms with van der Waals surface area (Å²) in [6.07, 6.45) is 0. The lowest BCUT2D eigenvalue weighted by Crippen LogP contribution is -2.27. The van der Waals surface area contributed by atoms with Crippen LogP contribution in [0.4, 0.5) is 0 Å². The van der Waals surface area contributed by atoms with Crippen LogP contribution in [0.5, 0.6) is 0 Å². The summed E-state index contributed by atoms with van der Waals surface area (Å²) in [4.78, 5) is 11.7. The van der Waals surface area contributed by atoms with Gasteiger partial charge < -0.3 is 4.74 Å². The van der Waals surface area contributed by atoms with Crippen molar-refractivity contribution < 1.29 is 9.53 Å². The van der Waals surface area contributed by atoms with Gasteiger partial charge in [0.05, 0.1) is 21.0 Å². The summed E-state index contributed by atoms with van der Waals surface area (Å²) in [7, 11) is -0.465. The van der Waals surface area contributed by atoms with Crippen molar-refractivity contribution in [2.45, 2.75) is 32.0 Å². The van der Waals surface area contributed by atoms with Crippen molar-refractivity contribution >= 4 is 14.8 Å². The maximum atomic E-state index is 11.7. The largest absolute Gasteiger partial charge is 0.462 e. The molecular weight excluding hydrogens is 216 g/mol. The SMILES string of the molecule is C[Si](C)C(C)(C)COC(=O)c1ccccc1. The fourth-order valence-corrected chi connectivity index (χ4v) is 1.41. The van der Waals surface area contributed by atoms with Crippen molar-refractivity contribution in [2.24, 2.45) is 0 Å². The van der Waals surface area contributed by atoms with Crippen LogP contribution in [-0.4, -0.2) is 21.4 Å². The lowest BCUT2D eigenvalue weighted by Gasteiger charge is -2.27. The van der Waals surface area contributed by atoms with Gasteiger partial charge in [-0.2, -0.15) is 0 Å². The zero-order valence-electron chi connectivity index (χ0n) is 10.4. The van der Waals surface area contributed by atoms with E-state index in [2.05, 4.69) is 26.9 Å². The number of carbonyl (C=O) groups excluding carboxylic acids is 1. The van der Waals surface area contributed by atoms with Gasteiger partial charge in [-0.3, -0.25) is 0 Å². The molecule has 1 radical (unpaired) electrons. The van der Waals surface area contributed by atoms with Crippen molar-refractivity contribution in [3.05, 3.63) is 35.9 Å². The highest BCUT2D eigenvalue weighted by molar-refractivity contribution is 6.59. The van der Waals surface area contributed by atoms with E-state index >= 15 is 0 Å². The molecular formula is C13H19O2Si. The Morgan fingerprint density at radius 3 is 2.31 bits per heavy atom. The molecule has 0 saturated heterocycles. The zero-order valence-corrected chi connectivity index (χ0v) is 11.4. The molecule has 0 N–H and O–H groups in total. The third-order valence-corrected chi connectivity index (χ3v) is 5.78. The van der Waals surface area contributed by atoms with E-state index in [1.165, 1.54) is 0 Å². The average molecular weight is 235 g/mol. The van der Waals surface area contributed by atoms with Crippen molar-refractivity contribution in [3.8, 4) is 0 Å². The molecule has 0 aliphatic carbocycles. The second-order valence-corrected chi connectivity index (χ2v) is 8.18. The highest BCUT2D eigenvalue weighted by atomic mass is 28.3. The van der Waals surface area contributed by atoms with Crippen LogP contribution in [0.25, 0.3) is 0 Å². The molecule has 0 bridgehead atoms. The predicted molar refractivity (Wildman–Crippen MR) is 68.2 cm³/mol. The predicted octanol–water partition coefficient (Wildman–Crippen LogP) is 3.38. The Balaban J connectivity index is 2.54. The number of carbonyl (C=O) groups is 1. The minimum atomic E-state index is -0.465. The molecule has 0 aliphatic rings. The van der Waals surface area contributed by atoms with Crippen LogP contribution in [0.2, 0.25) is 18.1 Å². The van der Waals surface area contributed by atoms with Gasteiger partial charge in [0.25, 0.3) is 0 Å². The average Bonchev–Trinajstić information content (AvgIpc) is 2.27. The van der Waals surface area contributed by atoms with E-state index in [0.717, 1.165) is 0 Å². The third kappa shape index (κ3) is 3.49. The van der Waals surface area contributed by atoms with E-state index in [9.17, 15) is 4.79 Å². The maximum Gasteiger partial charge on any atom is 0.338 e. The van der Waals surface area contributed by atoms with Gasteiger partial charge in [0.2, 0.25) is 0 Å². The molecule has 0 aromatic heterocycles. The first-order valence-electron chi connectivity index (χ1n) is 5.46. The van der Waals surface area contributed by atoms with Gasteiger partial charge in [0, 0.05) is 0 Å². The zero-order chi connectivity index (χ0) is 12.2. The van der Waals surface area contributed by atoms with E-state index < -0.39 is 8.80 Å². The summed E-state index contributed by atoms with van der Waals surface area (Å²) in [5.74, 6) is -0.225. The Bertz CT molecular complexity index is 344. The van der Waals surface area contributed by atoms with Crippen molar-refractivity contribution in [3.63, 3.8) is 0 Å². The quantitative estimate of drug-likeness (QED) is 0.591. The van der Waals surface area contributed by atoms with E-state index in [0.29, 0.717) is 12.2 Å². The normalized spacial score (nSPS) is 11.6. The summed E-state index contributed by atoms with van der Waals surface area (Å²) in [5, 5.41) is 0.120. The third-order valence-electron chi connectivity index (χ3n) is 2.93. The lowest BCUT2D eigenvalue weighted by molar-refractivity contribution is 0.0466. The van der Waals surface area contributed by atoms with Gasteiger partial charge >= 0.3 is 5.97 Å². The molecule has 0 saturated carbocycles. The molecule has 87 valence electrons. The lowest BCUT2D eigenvalue weighted by atomic mass is 10.2. The van der Waals surface area contributed by atoms with Gasteiger partial charge in [0.15, 0.2) is 0 Å². The van der Waals surface area contributed by atoms with Crippen LogP contribution in [0, 0.1) is 0 Å². The molecule has 0 unspecified atom stereocenters. The Hall–Kier alpha value is -1.09. The topological polar surface area (TPSA) is 26.3 Å².